The normalized spacial score (nSPS) is 13.0. The van der Waals surface area contributed by atoms with E-state index in [0.717, 1.165) is 16.5 Å². The van der Waals surface area contributed by atoms with Gasteiger partial charge in [0.1, 0.15) is 5.69 Å². The van der Waals surface area contributed by atoms with Gasteiger partial charge in [0.2, 0.25) is 0 Å². The number of carbonyl (C=O) groups excluding carboxylic acids is 1. The maximum absolute atomic E-state index is 10.9. The second-order valence-corrected chi connectivity index (χ2v) is 6.40. The molecule has 1 aromatic carbocycles. The zero-order chi connectivity index (χ0) is 19.7. The molecular weight excluding hydrogens is 356 g/mol. The van der Waals surface area contributed by atoms with Gasteiger partial charge >= 0.3 is 6.03 Å². The van der Waals surface area contributed by atoms with Gasteiger partial charge < -0.3 is 5.73 Å². The van der Waals surface area contributed by atoms with Gasteiger partial charge in [-0.25, -0.2) is 10.2 Å². The maximum atomic E-state index is 10.9. The third-order valence-electron chi connectivity index (χ3n) is 4.51. The van der Waals surface area contributed by atoms with E-state index < -0.39 is 6.03 Å². The van der Waals surface area contributed by atoms with Gasteiger partial charge in [-0.15, -0.1) is 10.2 Å². The highest BCUT2D eigenvalue weighted by molar-refractivity contribution is 5.97. The number of hydrogen-bond donors (Lipinski definition) is 2. The lowest BCUT2D eigenvalue weighted by Crippen LogP contribution is -2.25. The van der Waals surface area contributed by atoms with Gasteiger partial charge in [-0.1, -0.05) is 19.1 Å². The summed E-state index contributed by atoms with van der Waals surface area (Å²) in [5.74, 6) is 0.666. The standard InChI is InChI=1S/C19H18N8O/c1-11(13-5-6-16-14(10-13)4-3-9-21-16)18-24-23-17-8-7-15(26-27(17)18)12(2)22-25-19(20)28/h3-11H,1-2H3,(H3,20,25,28)/b22-12-. The van der Waals surface area contributed by atoms with Gasteiger partial charge in [0.25, 0.3) is 0 Å². The number of carbonyl (C=O) groups is 1. The van der Waals surface area contributed by atoms with Crippen LogP contribution in [0.5, 0.6) is 0 Å². The molecule has 1 unspecified atom stereocenters. The fourth-order valence-corrected chi connectivity index (χ4v) is 2.98. The van der Waals surface area contributed by atoms with Crippen LogP contribution in [0.15, 0.2) is 53.8 Å². The number of fused-ring (bicyclic) bond motifs is 2. The molecule has 0 bridgehead atoms. The molecule has 4 rings (SSSR count). The van der Waals surface area contributed by atoms with Gasteiger partial charge in [0.05, 0.1) is 11.2 Å². The van der Waals surface area contributed by atoms with Crippen molar-refractivity contribution in [2.24, 2.45) is 10.8 Å². The van der Waals surface area contributed by atoms with Gasteiger partial charge in [-0.2, -0.15) is 14.7 Å². The van der Waals surface area contributed by atoms with Crippen molar-refractivity contribution in [3.8, 4) is 0 Å². The fraction of sp³-hybridized carbons (Fsp3) is 0.158. The zero-order valence-corrected chi connectivity index (χ0v) is 15.4. The number of benzene rings is 1. The van der Waals surface area contributed by atoms with E-state index in [4.69, 9.17) is 5.73 Å². The first-order chi connectivity index (χ1) is 13.5. The molecule has 0 spiro atoms. The summed E-state index contributed by atoms with van der Waals surface area (Å²) < 4.78 is 1.69. The molecule has 9 heteroatoms. The van der Waals surface area contributed by atoms with Crippen molar-refractivity contribution in [2.45, 2.75) is 19.8 Å². The predicted octanol–water partition coefficient (Wildman–Crippen LogP) is 2.22. The van der Waals surface area contributed by atoms with Crippen LogP contribution in [0.1, 0.15) is 36.8 Å². The minimum absolute atomic E-state index is 0.0386. The second-order valence-electron chi connectivity index (χ2n) is 6.40. The molecule has 28 heavy (non-hydrogen) atoms. The van der Waals surface area contributed by atoms with E-state index in [2.05, 4.69) is 43.8 Å². The van der Waals surface area contributed by atoms with Crippen LogP contribution in [0.3, 0.4) is 0 Å². The molecule has 0 saturated heterocycles. The number of urea groups is 1. The van der Waals surface area contributed by atoms with Crippen LogP contribution in [0.25, 0.3) is 16.6 Å². The third-order valence-corrected chi connectivity index (χ3v) is 4.51. The topological polar surface area (TPSA) is 123 Å². The predicted molar refractivity (Wildman–Crippen MR) is 105 cm³/mol. The largest absolute Gasteiger partial charge is 0.350 e. The Hall–Kier alpha value is -3.88. The van der Waals surface area contributed by atoms with Crippen molar-refractivity contribution in [3.05, 3.63) is 65.7 Å². The number of nitrogens with one attached hydrogen (secondary N) is 1. The number of primary amides is 1. The van der Waals surface area contributed by atoms with Gasteiger partial charge in [-0.3, -0.25) is 4.98 Å². The van der Waals surface area contributed by atoms with Crippen molar-refractivity contribution in [1.82, 2.24) is 30.2 Å². The molecule has 0 aliphatic rings. The van der Waals surface area contributed by atoms with Crippen molar-refractivity contribution in [3.63, 3.8) is 0 Å². The molecule has 9 nitrogen and oxygen atoms in total. The molecule has 0 fully saturated rings. The minimum Gasteiger partial charge on any atom is -0.350 e. The number of aromatic nitrogens is 5. The lowest BCUT2D eigenvalue weighted by molar-refractivity contribution is 0.249. The van der Waals surface area contributed by atoms with E-state index in [1.807, 2.05) is 24.3 Å². The maximum Gasteiger partial charge on any atom is 0.332 e. The Morgan fingerprint density at radius 3 is 2.89 bits per heavy atom. The molecule has 0 aliphatic heterocycles. The monoisotopic (exact) mass is 374 g/mol. The quantitative estimate of drug-likeness (QED) is 0.419. The Balaban J connectivity index is 1.73. The molecule has 140 valence electrons. The van der Waals surface area contributed by atoms with Crippen LogP contribution < -0.4 is 11.2 Å². The van der Waals surface area contributed by atoms with Crippen LogP contribution in [0, 0.1) is 0 Å². The Bertz CT molecular complexity index is 1210. The Kier molecular flexibility index (Phi) is 4.40. The van der Waals surface area contributed by atoms with E-state index in [-0.39, 0.29) is 5.92 Å². The number of rotatable bonds is 4. The molecule has 0 aliphatic carbocycles. The second kappa shape index (κ2) is 7.03. The summed E-state index contributed by atoms with van der Waals surface area (Å²) in [4.78, 5) is 15.2. The molecule has 3 aromatic heterocycles. The first-order valence-electron chi connectivity index (χ1n) is 8.70. The van der Waals surface area contributed by atoms with Gasteiger partial charge in [-0.05, 0) is 42.8 Å². The van der Waals surface area contributed by atoms with Crippen molar-refractivity contribution in [1.29, 1.82) is 0 Å². The SMILES string of the molecule is C/C(=N/NC(N)=O)c1ccc2nnc(C(C)c3ccc4ncccc4c3)n2n1. The Labute approximate surface area is 160 Å². The van der Waals surface area contributed by atoms with Crippen LogP contribution in [0.4, 0.5) is 4.79 Å². The first kappa shape index (κ1) is 17.5. The molecular formula is C19H18N8O. The van der Waals surface area contributed by atoms with Gasteiger partial charge in [0.15, 0.2) is 11.5 Å². The van der Waals surface area contributed by atoms with E-state index in [0.29, 0.717) is 22.9 Å². The smallest absolute Gasteiger partial charge is 0.332 e. The molecule has 3 heterocycles. The number of nitrogens with two attached hydrogens (primary N) is 1. The van der Waals surface area contributed by atoms with Gasteiger partial charge in [0, 0.05) is 17.5 Å². The van der Waals surface area contributed by atoms with E-state index >= 15 is 0 Å². The fourth-order valence-electron chi connectivity index (χ4n) is 2.98. The summed E-state index contributed by atoms with van der Waals surface area (Å²) in [5, 5.41) is 18.1. The zero-order valence-electron chi connectivity index (χ0n) is 15.4. The van der Waals surface area contributed by atoms with Crippen LogP contribution in [-0.2, 0) is 0 Å². The summed E-state index contributed by atoms with van der Waals surface area (Å²) in [5.41, 5.74) is 11.0. The lowest BCUT2D eigenvalue weighted by atomic mass is 9.98. The Morgan fingerprint density at radius 2 is 2.07 bits per heavy atom. The molecule has 3 N–H and O–H groups in total. The number of amides is 2. The lowest BCUT2D eigenvalue weighted by Gasteiger charge is -2.11. The van der Waals surface area contributed by atoms with E-state index in [1.54, 1.807) is 29.8 Å². The highest BCUT2D eigenvalue weighted by atomic mass is 16.2. The average Bonchev–Trinajstić information content (AvgIpc) is 3.14. The van der Waals surface area contributed by atoms with Crippen molar-refractivity contribution < 1.29 is 4.79 Å². The van der Waals surface area contributed by atoms with Crippen molar-refractivity contribution in [2.75, 3.05) is 0 Å². The number of pyridine rings is 1. The Morgan fingerprint density at radius 1 is 1.21 bits per heavy atom. The van der Waals surface area contributed by atoms with Crippen LogP contribution in [-0.4, -0.2) is 36.5 Å². The molecule has 0 radical (unpaired) electrons. The average molecular weight is 374 g/mol. The summed E-state index contributed by atoms with van der Waals surface area (Å²) in [6.45, 7) is 3.78. The number of nitrogens with zero attached hydrogens (tertiary/aromatic N) is 6. The van der Waals surface area contributed by atoms with Crippen molar-refractivity contribution >= 4 is 28.3 Å². The molecule has 4 aromatic rings. The van der Waals surface area contributed by atoms with Crippen LogP contribution >= 0.6 is 0 Å². The number of hydrogen-bond acceptors (Lipinski definition) is 6. The highest BCUT2D eigenvalue weighted by Crippen LogP contribution is 2.25. The minimum atomic E-state index is -0.732. The molecule has 2 amide bonds. The van der Waals surface area contributed by atoms with E-state index in [9.17, 15) is 4.79 Å². The highest BCUT2D eigenvalue weighted by Gasteiger charge is 2.18. The molecule has 1 atom stereocenters. The summed E-state index contributed by atoms with van der Waals surface area (Å²) in [7, 11) is 0. The summed E-state index contributed by atoms with van der Waals surface area (Å²) in [6, 6.07) is 12.9. The van der Waals surface area contributed by atoms with Crippen LogP contribution in [0.2, 0.25) is 0 Å². The third kappa shape index (κ3) is 3.25. The first-order valence-corrected chi connectivity index (χ1v) is 8.70. The summed E-state index contributed by atoms with van der Waals surface area (Å²) in [6.07, 6.45) is 1.78. The summed E-state index contributed by atoms with van der Waals surface area (Å²) >= 11 is 0. The molecule has 0 saturated carbocycles. The number of hydrazone groups is 1. The van der Waals surface area contributed by atoms with E-state index in [1.165, 1.54) is 0 Å².